The van der Waals surface area contributed by atoms with Crippen LogP contribution in [0.2, 0.25) is 0 Å². The predicted octanol–water partition coefficient (Wildman–Crippen LogP) is 3.98. The summed E-state index contributed by atoms with van der Waals surface area (Å²) in [6.45, 7) is 11.7. The molecule has 0 aliphatic heterocycles. The van der Waals surface area contributed by atoms with Gasteiger partial charge in [0.15, 0.2) is 0 Å². The molecule has 4 heteroatoms. The number of hydrogen-bond acceptors (Lipinski definition) is 4. The van der Waals surface area contributed by atoms with Crippen LogP contribution in [0.4, 0.5) is 5.82 Å². The van der Waals surface area contributed by atoms with Crippen LogP contribution in [-0.2, 0) is 5.75 Å². The fraction of sp³-hybridized carbons (Fsp3) is 0.714. The molecule has 1 N–H and O–H groups in total. The van der Waals surface area contributed by atoms with E-state index in [2.05, 4.69) is 49.9 Å². The number of nitrogens with zero attached hydrogens (tertiary/aromatic N) is 2. The zero-order valence-corrected chi connectivity index (χ0v) is 13.0. The van der Waals surface area contributed by atoms with E-state index >= 15 is 0 Å². The van der Waals surface area contributed by atoms with E-state index in [-0.39, 0.29) is 0 Å². The highest BCUT2D eigenvalue weighted by atomic mass is 32.2. The molecule has 0 bridgehead atoms. The van der Waals surface area contributed by atoms with E-state index in [0.717, 1.165) is 29.6 Å². The third-order valence-corrected chi connectivity index (χ3v) is 3.84. The van der Waals surface area contributed by atoms with Gasteiger partial charge >= 0.3 is 0 Å². The third kappa shape index (κ3) is 4.16. The Balaban J connectivity index is 2.95. The number of nitrogens with one attached hydrogen (secondary N) is 1. The number of aryl methyl sites for hydroxylation is 1. The molecule has 1 aromatic rings. The first-order chi connectivity index (χ1) is 8.60. The van der Waals surface area contributed by atoms with Crippen molar-refractivity contribution in [3.05, 3.63) is 17.1 Å². The average molecular weight is 267 g/mol. The Labute approximate surface area is 115 Å². The summed E-state index contributed by atoms with van der Waals surface area (Å²) in [7, 11) is 0. The van der Waals surface area contributed by atoms with Crippen molar-refractivity contribution in [2.75, 3.05) is 17.6 Å². The lowest BCUT2D eigenvalue weighted by atomic mass is 10.0. The highest BCUT2D eigenvalue weighted by molar-refractivity contribution is 7.98. The summed E-state index contributed by atoms with van der Waals surface area (Å²) in [5.41, 5.74) is 2.36. The lowest BCUT2D eigenvalue weighted by molar-refractivity contribution is 0.818. The molecule has 0 spiro atoms. The molecule has 0 aliphatic carbocycles. The summed E-state index contributed by atoms with van der Waals surface area (Å²) < 4.78 is 0. The lowest BCUT2D eigenvalue weighted by Gasteiger charge is -2.16. The maximum atomic E-state index is 4.67. The highest BCUT2D eigenvalue weighted by Gasteiger charge is 2.14. The molecule has 1 aromatic heterocycles. The van der Waals surface area contributed by atoms with Crippen LogP contribution in [0.1, 0.15) is 57.1 Å². The molecule has 0 aliphatic rings. The van der Waals surface area contributed by atoms with Crippen molar-refractivity contribution in [2.24, 2.45) is 0 Å². The zero-order valence-electron chi connectivity index (χ0n) is 12.2. The second-order valence-electron chi connectivity index (χ2n) is 4.73. The fourth-order valence-corrected chi connectivity index (χ4v) is 2.75. The van der Waals surface area contributed by atoms with Gasteiger partial charge in [-0.15, -0.1) is 0 Å². The number of aromatic nitrogens is 2. The molecule has 0 atom stereocenters. The topological polar surface area (TPSA) is 37.8 Å². The number of rotatable bonds is 7. The second-order valence-corrected chi connectivity index (χ2v) is 5.83. The van der Waals surface area contributed by atoms with Gasteiger partial charge in [-0.1, -0.05) is 20.8 Å². The summed E-state index contributed by atoms with van der Waals surface area (Å²) in [5, 5.41) is 3.37. The van der Waals surface area contributed by atoms with E-state index in [1.54, 1.807) is 0 Å². The number of anilines is 1. The van der Waals surface area contributed by atoms with Crippen molar-refractivity contribution in [3.8, 4) is 0 Å². The van der Waals surface area contributed by atoms with Crippen molar-refractivity contribution in [3.63, 3.8) is 0 Å². The van der Waals surface area contributed by atoms with Gasteiger partial charge in [0.2, 0.25) is 0 Å². The standard InChI is InChI=1S/C14H25N3S/c1-6-8-18-9-12-16-11(5)13(10(3)4)14(17-12)15-7-2/h10H,6-9H2,1-5H3,(H,15,16,17). The zero-order chi connectivity index (χ0) is 13.5. The Hall–Kier alpha value is -0.770. The first kappa shape index (κ1) is 15.3. The van der Waals surface area contributed by atoms with Gasteiger partial charge in [-0.25, -0.2) is 9.97 Å². The van der Waals surface area contributed by atoms with E-state index in [4.69, 9.17) is 0 Å². The number of thioether (sulfide) groups is 1. The van der Waals surface area contributed by atoms with Crippen LogP contribution in [0.15, 0.2) is 0 Å². The van der Waals surface area contributed by atoms with Gasteiger partial charge in [-0.2, -0.15) is 11.8 Å². The maximum absolute atomic E-state index is 4.67. The second kappa shape index (κ2) is 7.62. The minimum absolute atomic E-state index is 0.455. The van der Waals surface area contributed by atoms with E-state index in [9.17, 15) is 0 Å². The molecular weight excluding hydrogens is 242 g/mol. The normalized spacial score (nSPS) is 11.0. The van der Waals surface area contributed by atoms with Gasteiger partial charge in [0, 0.05) is 17.8 Å². The van der Waals surface area contributed by atoms with Crippen LogP contribution < -0.4 is 5.32 Å². The maximum Gasteiger partial charge on any atom is 0.140 e. The molecule has 0 aromatic carbocycles. The van der Waals surface area contributed by atoms with Crippen LogP contribution in [0.5, 0.6) is 0 Å². The first-order valence-electron chi connectivity index (χ1n) is 6.79. The van der Waals surface area contributed by atoms with Gasteiger partial charge < -0.3 is 5.32 Å². The van der Waals surface area contributed by atoms with E-state index in [1.165, 1.54) is 17.7 Å². The SMILES string of the molecule is CCCSCc1nc(C)c(C(C)C)c(NCC)n1. The quantitative estimate of drug-likeness (QED) is 0.758. The van der Waals surface area contributed by atoms with E-state index < -0.39 is 0 Å². The summed E-state index contributed by atoms with van der Waals surface area (Å²) in [6, 6.07) is 0. The summed E-state index contributed by atoms with van der Waals surface area (Å²) in [5.74, 6) is 4.51. The van der Waals surface area contributed by atoms with Crippen molar-refractivity contribution in [1.29, 1.82) is 0 Å². The molecule has 0 saturated carbocycles. The predicted molar refractivity (Wildman–Crippen MR) is 81.5 cm³/mol. The van der Waals surface area contributed by atoms with Crippen LogP contribution in [0.25, 0.3) is 0 Å². The molecule has 0 fully saturated rings. The molecule has 3 nitrogen and oxygen atoms in total. The minimum Gasteiger partial charge on any atom is -0.370 e. The van der Waals surface area contributed by atoms with E-state index in [0.29, 0.717) is 5.92 Å². The van der Waals surface area contributed by atoms with Crippen molar-refractivity contribution in [1.82, 2.24) is 9.97 Å². The largest absolute Gasteiger partial charge is 0.370 e. The Morgan fingerprint density at radius 2 is 1.94 bits per heavy atom. The van der Waals surface area contributed by atoms with Crippen LogP contribution in [0, 0.1) is 6.92 Å². The van der Waals surface area contributed by atoms with Gasteiger partial charge in [-0.3, -0.25) is 0 Å². The Bertz CT molecular complexity index is 378. The first-order valence-corrected chi connectivity index (χ1v) is 7.94. The lowest BCUT2D eigenvalue weighted by Crippen LogP contribution is -2.10. The smallest absolute Gasteiger partial charge is 0.140 e. The minimum atomic E-state index is 0.455. The van der Waals surface area contributed by atoms with E-state index in [1.807, 2.05) is 11.8 Å². The summed E-state index contributed by atoms with van der Waals surface area (Å²) in [6.07, 6.45) is 1.20. The number of hydrogen-bond donors (Lipinski definition) is 1. The molecule has 1 rings (SSSR count). The molecule has 0 unspecified atom stereocenters. The molecule has 0 saturated heterocycles. The van der Waals surface area contributed by atoms with Gasteiger partial charge in [0.1, 0.15) is 11.6 Å². The highest BCUT2D eigenvalue weighted by Crippen LogP contribution is 2.26. The van der Waals surface area contributed by atoms with Crippen LogP contribution >= 0.6 is 11.8 Å². The molecule has 1 heterocycles. The average Bonchev–Trinajstić information content (AvgIpc) is 2.28. The van der Waals surface area contributed by atoms with Crippen LogP contribution in [0.3, 0.4) is 0 Å². The fourth-order valence-electron chi connectivity index (χ4n) is 2.01. The van der Waals surface area contributed by atoms with Crippen molar-refractivity contribution in [2.45, 2.75) is 52.7 Å². The molecule has 0 radical (unpaired) electrons. The van der Waals surface area contributed by atoms with Crippen LogP contribution in [-0.4, -0.2) is 22.3 Å². The van der Waals surface area contributed by atoms with Crippen molar-refractivity contribution < 1.29 is 0 Å². The monoisotopic (exact) mass is 267 g/mol. The molecule has 0 amide bonds. The molecular formula is C14H25N3S. The third-order valence-electron chi connectivity index (χ3n) is 2.68. The Morgan fingerprint density at radius 3 is 2.50 bits per heavy atom. The van der Waals surface area contributed by atoms with Gasteiger partial charge in [-0.05, 0) is 31.9 Å². The molecule has 102 valence electrons. The Morgan fingerprint density at radius 1 is 1.22 bits per heavy atom. The van der Waals surface area contributed by atoms with Crippen molar-refractivity contribution >= 4 is 17.6 Å². The Kier molecular flexibility index (Phi) is 6.47. The summed E-state index contributed by atoms with van der Waals surface area (Å²) in [4.78, 5) is 9.31. The van der Waals surface area contributed by atoms with Gasteiger partial charge in [0.05, 0.1) is 5.75 Å². The summed E-state index contributed by atoms with van der Waals surface area (Å²) >= 11 is 1.90. The molecule has 18 heavy (non-hydrogen) atoms. The van der Waals surface area contributed by atoms with Gasteiger partial charge in [0.25, 0.3) is 0 Å².